The van der Waals surface area contributed by atoms with E-state index in [0.717, 1.165) is 0 Å². The highest BCUT2D eigenvalue weighted by atomic mass is 14.9. The van der Waals surface area contributed by atoms with Crippen LogP contribution in [-0.4, -0.2) is 0 Å². The molecule has 0 aromatic carbocycles. The molecule has 0 saturated carbocycles. The van der Waals surface area contributed by atoms with Crippen LogP contribution in [0.1, 0.15) is 135 Å². The van der Waals surface area contributed by atoms with Crippen LogP contribution in [0, 0.1) is 0 Å². The highest BCUT2D eigenvalue weighted by molar-refractivity contribution is 5.07. The summed E-state index contributed by atoms with van der Waals surface area (Å²) in [7, 11) is 0. The Kier molecular flexibility index (Phi) is 17.5. The third kappa shape index (κ3) is 15.1. The van der Waals surface area contributed by atoms with Crippen molar-refractivity contribution in [2.24, 2.45) is 0 Å². The lowest BCUT2D eigenvalue weighted by Gasteiger charge is -2.03. The van der Waals surface area contributed by atoms with Gasteiger partial charge in [-0.25, -0.2) is 4.57 Å². The van der Waals surface area contributed by atoms with Crippen LogP contribution in [0.5, 0.6) is 0 Å². The number of unbranched alkanes of at least 4 members (excludes halogenated alkanes) is 16. The number of pyridine rings is 1. The van der Waals surface area contributed by atoms with Gasteiger partial charge in [-0.15, -0.1) is 0 Å². The van der Waals surface area contributed by atoms with Crippen molar-refractivity contribution in [1.29, 1.82) is 0 Å². The van der Waals surface area contributed by atoms with Crippen molar-refractivity contribution in [2.75, 3.05) is 0 Å². The van der Waals surface area contributed by atoms with E-state index < -0.39 is 0 Å². The first kappa shape index (κ1) is 25.2. The minimum Gasteiger partial charge on any atom is -0.205 e. The van der Waals surface area contributed by atoms with Gasteiger partial charge in [0.25, 0.3) is 0 Å². The number of hydrogen-bond donors (Lipinski definition) is 0. The van der Waals surface area contributed by atoms with E-state index in [9.17, 15) is 0 Å². The van der Waals surface area contributed by atoms with Gasteiger partial charge < -0.3 is 0 Å². The molecule has 0 bridgehead atoms. The predicted octanol–water partition coefficient (Wildman–Crippen LogP) is 8.58. The molecule has 0 saturated heterocycles. The van der Waals surface area contributed by atoms with Crippen LogP contribution in [0.2, 0.25) is 0 Å². The summed E-state index contributed by atoms with van der Waals surface area (Å²) in [6.07, 6.45) is 31.3. The summed E-state index contributed by atoms with van der Waals surface area (Å²) >= 11 is 0. The molecular weight excluding hydrogens is 338 g/mol. The summed E-state index contributed by atoms with van der Waals surface area (Å²) < 4.78 is 2.38. The van der Waals surface area contributed by atoms with E-state index in [-0.39, 0.29) is 0 Å². The van der Waals surface area contributed by atoms with Crippen molar-refractivity contribution in [3.05, 3.63) is 30.1 Å². The van der Waals surface area contributed by atoms with E-state index in [0.29, 0.717) is 0 Å². The Morgan fingerprint density at radius 1 is 0.500 bits per heavy atom. The van der Waals surface area contributed by atoms with Crippen molar-refractivity contribution >= 4 is 0 Å². The van der Waals surface area contributed by atoms with E-state index in [4.69, 9.17) is 0 Å². The average Bonchev–Trinajstić information content (AvgIpc) is 2.72. The standard InChI is InChI=1S/C27H50N/c1-3-5-7-9-11-12-13-14-15-16-18-20-24-28-25-22-27(23-26-28)21-19-17-10-8-6-4-2/h22-23,25-26H,3-21,24H2,1-2H3/q+1. The van der Waals surface area contributed by atoms with Gasteiger partial charge >= 0.3 is 0 Å². The molecule has 0 atom stereocenters. The van der Waals surface area contributed by atoms with Crippen LogP contribution in [-0.2, 0) is 13.0 Å². The van der Waals surface area contributed by atoms with Gasteiger partial charge in [0.2, 0.25) is 0 Å². The fraction of sp³-hybridized carbons (Fsp3) is 0.815. The van der Waals surface area contributed by atoms with E-state index >= 15 is 0 Å². The van der Waals surface area contributed by atoms with Crippen LogP contribution < -0.4 is 4.57 Å². The highest BCUT2D eigenvalue weighted by Gasteiger charge is 2.02. The third-order valence-electron chi connectivity index (χ3n) is 6.05. The van der Waals surface area contributed by atoms with Crippen LogP contribution >= 0.6 is 0 Å². The van der Waals surface area contributed by atoms with Gasteiger partial charge in [0, 0.05) is 18.6 Å². The highest BCUT2D eigenvalue weighted by Crippen LogP contribution is 2.12. The maximum Gasteiger partial charge on any atom is 0.169 e. The molecule has 162 valence electrons. The first-order chi connectivity index (χ1) is 13.9. The maximum atomic E-state index is 2.38. The molecule has 1 heterocycles. The second-order valence-corrected chi connectivity index (χ2v) is 8.85. The summed E-state index contributed by atoms with van der Waals surface area (Å²) in [5, 5.41) is 0. The molecule has 0 spiro atoms. The second kappa shape index (κ2) is 19.5. The fourth-order valence-electron chi connectivity index (χ4n) is 4.05. The zero-order valence-corrected chi connectivity index (χ0v) is 19.4. The predicted molar refractivity (Wildman–Crippen MR) is 125 cm³/mol. The Labute approximate surface area is 177 Å². The van der Waals surface area contributed by atoms with Crippen molar-refractivity contribution in [3.63, 3.8) is 0 Å². The Balaban J connectivity index is 1.91. The number of aromatic nitrogens is 1. The first-order valence-electron chi connectivity index (χ1n) is 12.8. The molecule has 0 fully saturated rings. The van der Waals surface area contributed by atoms with Crippen molar-refractivity contribution < 1.29 is 4.57 Å². The van der Waals surface area contributed by atoms with Crippen LogP contribution in [0.3, 0.4) is 0 Å². The van der Waals surface area contributed by atoms with Gasteiger partial charge in [-0.3, -0.25) is 0 Å². The van der Waals surface area contributed by atoms with Gasteiger partial charge in [-0.2, -0.15) is 0 Å². The first-order valence-corrected chi connectivity index (χ1v) is 12.8. The topological polar surface area (TPSA) is 3.88 Å². The van der Waals surface area contributed by atoms with Crippen molar-refractivity contribution in [2.45, 2.75) is 142 Å². The molecule has 0 amide bonds. The lowest BCUT2D eigenvalue weighted by atomic mass is 10.1. The molecule has 1 nitrogen and oxygen atoms in total. The molecule has 0 aliphatic heterocycles. The Bertz CT molecular complexity index is 422. The molecule has 0 unspecified atom stereocenters. The normalized spacial score (nSPS) is 11.2. The van der Waals surface area contributed by atoms with Gasteiger partial charge in [0.15, 0.2) is 12.4 Å². The van der Waals surface area contributed by atoms with E-state index in [1.807, 2.05) is 0 Å². The quantitative estimate of drug-likeness (QED) is 0.155. The SMILES string of the molecule is CCCCCCCCCCCCCC[n+]1ccc(CCCCCCCC)cc1. The third-order valence-corrected chi connectivity index (χ3v) is 6.05. The molecule has 1 rings (SSSR count). The Morgan fingerprint density at radius 3 is 1.36 bits per heavy atom. The second-order valence-electron chi connectivity index (χ2n) is 8.85. The van der Waals surface area contributed by atoms with Gasteiger partial charge in [0.1, 0.15) is 6.54 Å². The lowest BCUT2D eigenvalue weighted by molar-refractivity contribution is -0.697. The largest absolute Gasteiger partial charge is 0.205 e. The zero-order chi connectivity index (χ0) is 20.1. The summed E-state index contributed by atoms with van der Waals surface area (Å²) in [5.41, 5.74) is 1.52. The Morgan fingerprint density at radius 2 is 0.893 bits per heavy atom. The van der Waals surface area contributed by atoms with Crippen LogP contribution in [0.25, 0.3) is 0 Å². The lowest BCUT2D eigenvalue weighted by Crippen LogP contribution is -2.32. The smallest absolute Gasteiger partial charge is 0.169 e. The number of rotatable bonds is 20. The summed E-state index contributed by atoms with van der Waals surface area (Å²) in [5.74, 6) is 0. The monoisotopic (exact) mass is 388 g/mol. The molecule has 28 heavy (non-hydrogen) atoms. The molecular formula is C27H50N+. The molecule has 1 aromatic rings. The molecule has 0 aliphatic carbocycles. The van der Waals surface area contributed by atoms with Crippen LogP contribution in [0.4, 0.5) is 0 Å². The summed E-state index contributed by atoms with van der Waals surface area (Å²) in [6.45, 7) is 5.77. The minimum absolute atomic E-state index is 1.19. The molecule has 0 aliphatic rings. The number of hydrogen-bond acceptors (Lipinski definition) is 0. The van der Waals surface area contributed by atoms with Crippen molar-refractivity contribution in [3.8, 4) is 0 Å². The van der Waals surface area contributed by atoms with Gasteiger partial charge in [-0.1, -0.05) is 110 Å². The zero-order valence-electron chi connectivity index (χ0n) is 19.4. The summed E-state index contributed by atoms with van der Waals surface area (Å²) in [6, 6.07) is 4.68. The van der Waals surface area contributed by atoms with Gasteiger partial charge in [0.05, 0.1) is 0 Å². The van der Waals surface area contributed by atoms with E-state index in [1.54, 1.807) is 0 Å². The van der Waals surface area contributed by atoms with Crippen LogP contribution in [0.15, 0.2) is 24.5 Å². The Hall–Kier alpha value is -0.850. The number of nitrogens with zero attached hydrogens (tertiary/aromatic N) is 1. The summed E-state index contributed by atoms with van der Waals surface area (Å²) in [4.78, 5) is 0. The fourth-order valence-corrected chi connectivity index (χ4v) is 4.05. The molecule has 0 radical (unpaired) electrons. The minimum atomic E-state index is 1.19. The number of aryl methyl sites for hydroxylation is 2. The van der Waals surface area contributed by atoms with Gasteiger partial charge in [-0.05, 0) is 24.8 Å². The molecule has 1 heteroatoms. The maximum absolute atomic E-state index is 2.38. The van der Waals surface area contributed by atoms with Crippen molar-refractivity contribution in [1.82, 2.24) is 0 Å². The average molecular weight is 389 g/mol. The molecule has 1 aromatic heterocycles. The molecule has 0 N–H and O–H groups in total. The van der Waals surface area contributed by atoms with E-state index in [2.05, 4.69) is 42.9 Å². The van der Waals surface area contributed by atoms with E-state index in [1.165, 1.54) is 134 Å².